The summed E-state index contributed by atoms with van der Waals surface area (Å²) in [5.74, 6) is 0. The zero-order valence-corrected chi connectivity index (χ0v) is 11.5. The van der Waals surface area contributed by atoms with Gasteiger partial charge >= 0.3 is 0 Å². The van der Waals surface area contributed by atoms with Crippen LogP contribution in [0.3, 0.4) is 0 Å². The Labute approximate surface area is 111 Å². The molecule has 0 spiro atoms. The van der Waals surface area contributed by atoms with Crippen LogP contribution in [0.1, 0.15) is 51.0 Å². The molecule has 0 aromatic carbocycles. The molecule has 0 saturated heterocycles. The van der Waals surface area contributed by atoms with Gasteiger partial charge in [-0.1, -0.05) is 81.5 Å². The highest BCUT2D eigenvalue weighted by Gasteiger charge is 2.04. The van der Waals surface area contributed by atoms with Crippen LogP contribution in [-0.4, -0.2) is 0 Å². The fourth-order valence-corrected chi connectivity index (χ4v) is 2.53. The number of hydrogen-bond acceptors (Lipinski definition) is 0. The molecule has 0 amide bonds. The molecule has 0 heterocycles. The minimum Gasteiger partial charge on any atom is -0.0654 e. The SMILES string of the molecule is CCCCCCCCc1cc2cccccc-2c1. The molecule has 0 aromatic rings. The van der Waals surface area contributed by atoms with Gasteiger partial charge in [-0.05, 0) is 29.5 Å². The second kappa shape index (κ2) is 7.20. The Kier molecular flexibility index (Phi) is 5.26. The molecule has 0 atom stereocenters. The molecule has 18 heavy (non-hydrogen) atoms. The van der Waals surface area contributed by atoms with Crippen LogP contribution in [0, 0.1) is 0 Å². The number of aryl methyl sites for hydroxylation is 1. The first-order chi connectivity index (χ1) is 8.90. The molecule has 0 saturated carbocycles. The first-order valence-corrected chi connectivity index (χ1v) is 7.38. The van der Waals surface area contributed by atoms with Crippen molar-refractivity contribution < 1.29 is 0 Å². The first-order valence-electron chi connectivity index (χ1n) is 7.38. The fourth-order valence-electron chi connectivity index (χ4n) is 2.53. The monoisotopic (exact) mass is 240 g/mol. The number of rotatable bonds is 7. The molecule has 0 aromatic heterocycles. The normalized spacial score (nSPS) is 10.9. The molecule has 2 aliphatic rings. The van der Waals surface area contributed by atoms with Crippen molar-refractivity contribution in [1.82, 2.24) is 0 Å². The maximum atomic E-state index is 2.35. The molecule has 0 heteroatoms. The van der Waals surface area contributed by atoms with Crippen LogP contribution in [0.5, 0.6) is 0 Å². The van der Waals surface area contributed by atoms with E-state index in [9.17, 15) is 0 Å². The summed E-state index contributed by atoms with van der Waals surface area (Å²) in [5.41, 5.74) is 4.26. The Bertz CT molecular complexity index is 399. The Morgan fingerprint density at radius 3 is 2.00 bits per heavy atom. The van der Waals surface area contributed by atoms with Crippen molar-refractivity contribution in [1.29, 1.82) is 0 Å². The third-order valence-electron chi connectivity index (χ3n) is 3.61. The van der Waals surface area contributed by atoms with Crippen molar-refractivity contribution in [2.75, 3.05) is 0 Å². The van der Waals surface area contributed by atoms with Gasteiger partial charge < -0.3 is 0 Å². The van der Waals surface area contributed by atoms with Gasteiger partial charge in [-0.3, -0.25) is 0 Å². The molecule has 2 rings (SSSR count). The van der Waals surface area contributed by atoms with E-state index in [1.807, 2.05) is 0 Å². The van der Waals surface area contributed by atoms with E-state index < -0.39 is 0 Å². The van der Waals surface area contributed by atoms with E-state index in [0.29, 0.717) is 0 Å². The Morgan fingerprint density at radius 1 is 0.722 bits per heavy atom. The van der Waals surface area contributed by atoms with Crippen LogP contribution >= 0.6 is 0 Å². The summed E-state index contributed by atoms with van der Waals surface area (Å²) >= 11 is 0. The molecular formula is C18H24. The van der Waals surface area contributed by atoms with Gasteiger partial charge in [-0.2, -0.15) is 0 Å². The average molecular weight is 240 g/mol. The van der Waals surface area contributed by atoms with E-state index >= 15 is 0 Å². The zero-order chi connectivity index (χ0) is 12.6. The fraction of sp³-hybridized carbons (Fsp3) is 0.444. The minimum absolute atomic E-state index is 1.24. The summed E-state index contributed by atoms with van der Waals surface area (Å²) in [6, 6.07) is 15.4. The lowest BCUT2D eigenvalue weighted by Gasteiger charge is -1.99. The minimum atomic E-state index is 1.24. The van der Waals surface area contributed by atoms with E-state index in [-0.39, 0.29) is 0 Å². The maximum absolute atomic E-state index is 2.35. The molecule has 0 radical (unpaired) electrons. The van der Waals surface area contributed by atoms with Crippen LogP contribution in [0.15, 0.2) is 42.5 Å². The standard InChI is InChI=1S/C18H24/c1-2-3-4-5-6-8-11-16-14-17-12-9-7-10-13-18(17)15-16/h7,9-10,12-15H,2-6,8,11H2,1H3. The van der Waals surface area contributed by atoms with E-state index in [2.05, 4.69) is 49.4 Å². The van der Waals surface area contributed by atoms with Gasteiger partial charge in [0.05, 0.1) is 0 Å². The van der Waals surface area contributed by atoms with Crippen LogP contribution in [-0.2, 0) is 6.42 Å². The van der Waals surface area contributed by atoms with Gasteiger partial charge in [-0.15, -0.1) is 0 Å². The molecule has 0 bridgehead atoms. The summed E-state index contributed by atoms with van der Waals surface area (Å²) in [5, 5.41) is 0. The number of unbranched alkanes of at least 4 members (excludes halogenated alkanes) is 5. The predicted molar refractivity (Wildman–Crippen MR) is 80.1 cm³/mol. The highest BCUT2D eigenvalue weighted by molar-refractivity contribution is 5.67. The third-order valence-corrected chi connectivity index (χ3v) is 3.61. The third kappa shape index (κ3) is 3.87. The lowest BCUT2D eigenvalue weighted by molar-refractivity contribution is 0.608. The van der Waals surface area contributed by atoms with Crippen molar-refractivity contribution in [2.45, 2.75) is 51.9 Å². The van der Waals surface area contributed by atoms with Gasteiger partial charge in [0.1, 0.15) is 0 Å². The van der Waals surface area contributed by atoms with Crippen molar-refractivity contribution in [3.8, 4) is 11.1 Å². The molecule has 0 N–H and O–H groups in total. The highest BCUT2D eigenvalue weighted by Crippen LogP contribution is 2.25. The van der Waals surface area contributed by atoms with Crippen LogP contribution in [0.25, 0.3) is 11.1 Å². The smallest absolute Gasteiger partial charge is 0.0181 e. The Morgan fingerprint density at radius 2 is 1.33 bits per heavy atom. The van der Waals surface area contributed by atoms with Crippen molar-refractivity contribution in [3.05, 3.63) is 48.0 Å². The van der Waals surface area contributed by atoms with Crippen molar-refractivity contribution in [2.24, 2.45) is 0 Å². The van der Waals surface area contributed by atoms with Gasteiger partial charge in [-0.25, -0.2) is 0 Å². The van der Waals surface area contributed by atoms with E-state index in [1.54, 1.807) is 0 Å². The molecule has 0 fully saturated rings. The first kappa shape index (κ1) is 13.1. The summed E-state index contributed by atoms with van der Waals surface area (Å²) < 4.78 is 0. The van der Waals surface area contributed by atoms with E-state index in [0.717, 1.165) is 0 Å². The van der Waals surface area contributed by atoms with E-state index in [4.69, 9.17) is 0 Å². The lowest BCUT2D eigenvalue weighted by Crippen LogP contribution is -1.83. The van der Waals surface area contributed by atoms with Crippen LogP contribution in [0.2, 0.25) is 0 Å². The predicted octanol–water partition coefficient (Wildman–Crippen LogP) is 5.69. The molecule has 0 nitrogen and oxygen atoms in total. The molecule has 96 valence electrons. The summed E-state index contributed by atoms with van der Waals surface area (Å²) in [4.78, 5) is 0. The zero-order valence-electron chi connectivity index (χ0n) is 11.5. The second-order valence-electron chi connectivity index (χ2n) is 5.20. The van der Waals surface area contributed by atoms with Gasteiger partial charge in [0.25, 0.3) is 0 Å². The quantitative estimate of drug-likeness (QED) is 0.545. The Hall–Kier alpha value is -1.30. The van der Waals surface area contributed by atoms with Crippen LogP contribution < -0.4 is 0 Å². The van der Waals surface area contributed by atoms with Crippen LogP contribution in [0.4, 0.5) is 0 Å². The van der Waals surface area contributed by atoms with Gasteiger partial charge in [0.15, 0.2) is 0 Å². The average Bonchev–Trinajstić information content (AvgIpc) is 2.64. The molecule has 2 aliphatic carbocycles. The van der Waals surface area contributed by atoms with Crippen molar-refractivity contribution >= 4 is 0 Å². The number of fused-ring (bicyclic) bond motifs is 1. The molecule has 0 unspecified atom stereocenters. The molecule has 0 aliphatic heterocycles. The topological polar surface area (TPSA) is 0 Å². The summed E-state index contributed by atoms with van der Waals surface area (Å²) in [6.07, 6.45) is 9.52. The van der Waals surface area contributed by atoms with E-state index in [1.165, 1.54) is 61.6 Å². The maximum Gasteiger partial charge on any atom is -0.0181 e. The van der Waals surface area contributed by atoms with Gasteiger partial charge in [0.2, 0.25) is 0 Å². The second-order valence-corrected chi connectivity index (χ2v) is 5.20. The Balaban J connectivity index is 1.80. The summed E-state index contributed by atoms with van der Waals surface area (Å²) in [6.45, 7) is 2.27. The highest BCUT2D eigenvalue weighted by atomic mass is 14.1. The number of hydrogen-bond donors (Lipinski definition) is 0. The lowest BCUT2D eigenvalue weighted by atomic mass is 10.1. The molecular weight excluding hydrogens is 216 g/mol. The largest absolute Gasteiger partial charge is 0.0654 e. The van der Waals surface area contributed by atoms with Crippen molar-refractivity contribution in [3.63, 3.8) is 0 Å². The van der Waals surface area contributed by atoms with Gasteiger partial charge in [0, 0.05) is 0 Å². The summed E-state index contributed by atoms with van der Waals surface area (Å²) in [7, 11) is 0.